The third-order valence-electron chi connectivity index (χ3n) is 4.04. The first-order valence-corrected chi connectivity index (χ1v) is 7.65. The summed E-state index contributed by atoms with van der Waals surface area (Å²) in [6.07, 6.45) is 0.173. The number of carboxylic acids is 1. The Morgan fingerprint density at radius 2 is 2.04 bits per heavy atom. The number of fused-ring (bicyclic) bond motifs is 1. The molecule has 124 valence electrons. The maximum atomic E-state index is 11.0. The van der Waals surface area contributed by atoms with Crippen LogP contribution in [0, 0.1) is 0 Å². The van der Waals surface area contributed by atoms with Crippen molar-refractivity contribution in [1.29, 1.82) is 0 Å². The molecule has 2 aromatic rings. The molecule has 1 aliphatic rings. The van der Waals surface area contributed by atoms with E-state index >= 15 is 0 Å². The van der Waals surface area contributed by atoms with Crippen LogP contribution in [-0.2, 0) is 29.1 Å². The van der Waals surface area contributed by atoms with Gasteiger partial charge in [-0.3, -0.25) is 4.79 Å². The molecule has 1 aliphatic heterocycles. The van der Waals surface area contributed by atoms with E-state index in [1.165, 1.54) is 0 Å². The molecule has 24 heavy (non-hydrogen) atoms. The Hall–Kier alpha value is -2.35. The number of benzene rings is 2. The van der Waals surface area contributed by atoms with Crippen LogP contribution in [0.15, 0.2) is 42.5 Å². The molecule has 1 atom stereocenters. The Bertz CT molecular complexity index is 737. The highest BCUT2D eigenvalue weighted by atomic mass is 16.5. The number of carbonyl (C=O) groups is 1. The van der Waals surface area contributed by atoms with Gasteiger partial charge in [-0.1, -0.05) is 36.4 Å². The lowest BCUT2D eigenvalue weighted by atomic mass is 9.77. The zero-order valence-corrected chi connectivity index (χ0v) is 13.0. The van der Waals surface area contributed by atoms with Crippen molar-refractivity contribution >= 4 is 18.6 Å². The summed E-state index contributed by atoms with van der Waals surface area (Å²) in [7, 11) is -1.08. The maximum Gasteiger partial charge on any atom is 0.495 e. The Morgan fingerprint density at radius 1 is 1.29 bits per heavy atom. The average molecular weight is 327 g/mol. The van der Waals surface area contributed by atoms with E-state index in [2.05, 4.69) is 0 Å². The van der Waals surface area contributed by atoms with Gasteiger partial charge in [-0.25, -0.2) is 0 Å². The quantitative estimate of drug-likeness (QED) is 0.666. The molecule has 0 amide bonds. The number of aliphatic carboxylic acids is 1. The van der Waals surface area contributed by atoms with Crippen LogP contribution in [0.2, 0.25) is 0 Å². The second-order valence-electron chi connectivity index (χ2n) is 5.70. The molecule has 2 aromatic carbocycles. The molecule has 0 fully saturated rings. The summed E-state index contributed by atoms with van der Waals surface area (Å²) in [5.74, 6) is -0.529. The molecule has 6 nitrogen and oxygen atoms in total. The third kappa shape index (κ3) is 3.43. The van der Waals surface area contributed by atoms with Gasteiger partial charge >= 0.3 is 13.1 Å². The summed E-state index contributed by atoms with van der Waals surface area (Å²) in [5.41, 5.74) is 8.69. The van der Waals surface area contributed by atoms with E-state index in [0.717, 1.165) is 16.7 Å². The lowest BCUT2D eigenvalue weighted by Gasteiger charge is -2.15. The Labute approximate surface area is 140 Å². The molecule has 0 spiro atoms. The van der Waals surface area contributed by atoms with Gasteiger partial charge in [-0.05, 0) is 29.2 Å². The van der Waals surface area contributed by atoms with Crippen molar-refractivity contribution in [1.82, 2.24) is 0 Å². The van der Waals surface area contributed by atoms with Crippen molar-refractivity contribution < 1.29 is 24.3 Å². The molecule has 0 saturated heterocycles. The molecule has 3 rings (SSSR count). The predicted molar refractivity (Wildman–Crippen MR) is 88.9 cm³/mol. The maximum absolute atomic E-state index is 11.0. The molecule has 0 unspecified atom stereocenters. The van der Waals surface area contributed by atoms with Crippen LogP contribution in [0.3, 0.4) is 0 Å². The zero-order valence-electron chi connectivity index (χ0n) is 13.0. The molecule has 0 aliphatic carbocycles. The highest BCUT2D eigenvalue weighted by molar-refractivity contribution is 6.62. The van der Waals surface area contributed by atoms with Gasteiger partial charge in [-0.2, -0.15) is 0 Å². The second-order valence-corrected chi connectivity index (χ2v) is 5.70. The van der Waals surface area contributed by atoms with Crippen LogP contribution in [0.4, 0.5) is 0 Å². The van der Waals surface area contributed by atoms with Gasteiger partial charge in [0.25, 0.3) is 0 Å². The normalized spacial score (nSPS) is 14.3. The SMILES string of the molecule is N[C@@H](Cc1ccc(OCc2ccccc2)c2c1COB2O)C(=O)O. The van der Waals surface area contributed by atoms with Crippen molar-refractivity contribution in [3.63, 3.8) is 0 Å². The van der Waals surface area contributed by atoms with Crippen molar-refractivity contribution in [3.8, 4) is 5.75 Å². The third-order valence-corrected chi connectivity index (χ3v) is 4.04. The van der Waals surface area contributed by atoms with Gasteiger partial charge in [0, 0.05) is 5.46 Å². The number of hydrogen-bond donors (Lipinski definition) is 3. The molecule has 7 heteroatoms. The van der Waals surface area contributed by atoms with Gasteiger partial charge in [0.05, 0.1) is 6.61 Å². The van der Waals surface area contributed by atoms with Gasteiger partial charge in [0.15, 0.2) is 0 Å². The fourth-order valence-corrected chi connectivity index (χ4v) is 2.75. The lowest BCUT2D eigenvalue weighted by molar-refractivity contribution is -0.138. The van der Waals surface area contributed by atoms with E-state index in [9.17, 15) is 9.82 Å². The van der Waals surface area contributed by atoms with E-state index in [4.69, 9.17) is 20.2 Å². The largest absolute Gasteiger partial charge is 0.495 e. The van der Waals surface area contributed by atoms with E-state index in [1.54, 1.807) is 12.1 Å². The minimum Gasteiger partial charge on any atom is -0.489 e. The first-order valence-electron chi connectivity index (χ1n) is 7.65. The summed E-state index contributed by atoms with van der Waals surface area (Å²) in [6.45, 7) is 0.578. The average Bonchev–Trinajstić information content (AvgIpc) is 2.97. The number of ether oxygens (including phenoxy) is 1. The van der Waals surface area contributed by atoms with Crippen LogP contribution in [-0.4, -0.2) is 29.3 Å². The molecule has 1 heterocycles. The first-order chi connectivity index (χ1) is 11.6. The summed E-state index contributed by atoms with van der Waals surface area (Å²) in [5, 5.41) is 19.1. The molecular weight excluding hydrogens is 309 g/mol. The standard InChI is InChI=1S/C17H18BNO5/c19-14(17(20)21)8-12-6-7-15(16-13(12)10-24-18(16)22)23-9-11-4-2-1-3-5-11/h1-7,14,22H,8-10,19H2,(H,20,21)/t14-/m0/s1. The summed E-state index contributed by atoms with van der Waals surface area (Å²) in [6, 6.07) is 12.2. The lowest BCUT2D eigenvalue weighted by Crippen LogP contribution is -2.34. The Balaban J connectivity index is 1.84. The highest BCUT2D eigenvalue weighted by Crippen LogP contribution is 2.24. The fraction of sp³-hybridized carbons (Fsp3) is 0.235. The summed E-state index contributed by atoms with van der Waals surface area (Å²) in [4.78, 5) is 11.0. The van der Waals surface area contributed by atoms with E-state index in [-0.39, 0.29) is 13.0 Å². The van der Waals surface area contributed by atoms with Crippen molar-refractivity contribution in [2.45, 2.75) is 25.7 Å². The van der Waals surface area contributed by atoms with E-state index in [0.29, 0.717) is 17.8 Å². The molecule has 0 saturated carbocycles. The van der Waals surface area contributed by atoms with Gasteiger partial charge in [0.1, 0.15) is 18.4 Å². The van der Waals surface area contributed by atoms with Crippen LogP contribution < -0.4 is 15.9 Å². The first kappa shape index (κ1) is 16.5. The minimum absolute atomic E-state index is 0.173. The smallest absolute Gasteiger partial charge is 0.489 e. The number of carboxylic acid groups (broad SMARTS) is 1. The van der Waals surface area contributed by atoms with E-state index in [1.807, 2.05) is 30.3 Å². The van der Waals surface area contributed by atoms with Gasteiger partial charge in [0.2, 0.25) is 0 Å². The molecule has 0 radical (unpaired) electrons. The predicted octanol–water partition coefficient (Wildman–Crippen LogP) is 0.438. The van der Waals surface area contributed by atoms with Gasteiger partial charge < -0.3 is 25.3 Å². The summed E-state index contributed by atoms with van der Waals surface area (Å²) >= 11 is 0. The van der Waals surface area contributed by atoms with Gasteiger partial charge in [-0.15, -0.1) is 0 Å². The zero-order chi connectivity index (χ0) is 17.1. The van der Waals surface area contributed by atoms with Crippen LogP contribution in [0.25, 0.3) is 0 Å². The van der Waals surface area contributed by atoms with Crippen LogP contribution in [0.1, 0.15) is 16.7 Å². The van der Waals surface area contributed by atoms with Crippen molar-refractivity contribution in [2.75, 3.05) is 0 Å². The fourth-order valence-electron chi connectivity index (χ4n) is 2.75. The highest BCUT2D eigenvalue weighted by Gasteiger charge is 2.33. The molecule has 4 N–H and O–H groups in total. The summed E-state index contributed by atoms with van der Waals surface area (Å²) < 4.78 is 11.1. The Kier molecular flexibility index (Phi) is 4.85. The number of nitrogens with two attached hydrogens (primary N) is 1. The monoisotopic (exact) mass is 327 g/mol. The number of rotatable bonds is 6. The topological polar surface area (TPSA) is 102 Å². The minimum atomic E-state index is -1.08. The van der Waals surface area contributed by atoms with Crippen molar-refractivity contribution in [2.24, 2.45) is 5.73 Å². The number of hydrogen-bond acceptors (Lipinski definition) is 5. The Morgan fingerprint density at radius 3 is 2.75 bits per heavy atom. The second kappa shape index (κ2) is 7.04. The van der Waals surface area contributed by atoms with E-state index < -0.39 is 19.1 Å². The van der Waals surface area contributed by atoms with Crippen molar-refractivity contribution in [3.05, 3.63) is 59.2 Å². The van der Waals surface area contributed by atoms with Crippen LogP contribution >= 0.6 is 0 Å². The molecule has 0 aromatic heterocycles. The molecule has 0 bridgehead atoms. The van der Waals surface area contributed by atoms with Crippen LogP contribution in [0.5, 0.6) is 5.75 Å². The molecular formula is C17H18BNO5.